The number of fused-ring (bicyclic) bond motifs is 1. The highest BCUT2D eigenvalue weighted by atomic mass is 35.5. The van der Waals surface area contributed by atoms with E-state index in [9.17, 15) is 4.79 Å². The third-order valence-corrected chi connectivity index (χ3v) is 5.46. The molecule has 5 rings (SSSR count). The van der Waals surface area contributed by atoms with Crippen molar-refractivity contribution in [3.05, 3.63) is 95.3 Å². The summed E-state index contributed by atoms with van der Waals surface area (Å²) in [6, 6.07) is 20.3. The van der Waals surface area contributed by atoms with Gasteiger partial charge in [-0.3, -0.25) is 4.79 Å². The van der Waals surface area contributed by atoms with Crippen LogP contribution in [0.25, 0.3) is 40.1 Å². The van der Waals surface area contributed by atoms with E-state index in [4.69, 9.17) is 20.4 Å². The SMILES string of the molecule is Cc1ccc(-c2ccc(C=CC(=O)Nc3ccc(-c4nc5cccnc5o4)cc3)o2)cc1Cl. The highest BCUT2D eigenvalue weighted by Crippen LogP contribution is 2.27. The van der Waals surface area contributed by atoms with Crippen molar-refractivity contribution in [2.45, 2.75) is 6.92 Å². The Morgan fingerprint density at radius 2 is 1.82 bits per heavy atom. The van der Waals surface area contributed by atoms with Crippen LogP contribution in [0.2, 0.25) is 5.02 Å². The number of carbonyl (C=O) groups is 1. The van der Waals surface area contributed by atoms with E-state index in [-0.39, 0.29) is 5.91 Å². The predicted octanol–water partition coefficient (Wildman–Crippen LogP) is 6.76. The van der Waals surface area contributed by atoms with Crippen LogP contribution in [-0.4, -0.2) is 15.9 Å². The van der Waals surface area contributed by atoms with Crippen molar-refractivity contribution in [3.63, 3.8) is 0 Å². The molecule has 1 N–H and O–H groups in total. The lowest BCUT2D eigenvalue weighted by Crippen LogP contribution is -2.07. The molecule has 3 heterocycles. The molecule has 0 aliphatic carbocycles. The van der Waals surface area contributed by atoms with Crippen LogP contribution in [0.5, 0.6) is 0 Å². The molecule has 0 radical (unpaired) electrons. The van der Waals surface area contributed by atoms with Gasteiger partial charge in [0, 0.05) is 34.1 Å². The summed E-state index contributed by atoms with van der Waals surface area (Å²) in [7, 11) is 0. The minimum absolute atomic E-state index is 0.273. The zero-order valence-electron chi connectivity index (χ0n) is 17.6. The van der Waals surface area contributed by atoms with Crippen molar-refractivity contribution in [2.24, 2.45) is 0 Å². The van der Waals surface area contributed by atoms with E-state index in [0.717, 1.165) is 16.7 Å². The number of aromatic nitrogens is 2. The number of carbonyl (C=O) groups excluding carboxylic acids is 1. The molecular weight excluding hydrogens is 438 g/mol. The molecular formula is C26H18ClN3O3. The minimum Gasteiger partial charge on any atom is -0.457 e. The van der Waals surface area contributed by atoms with Crippen molar-refractivity contribution < 1.29 is 13.6 Å². The number of pyridine rings is 1. The molecule has 0 spiro atoms. The molecule has 7 heteroatoms. The van der Waals surface area contributed by atoms with Gasteiger partial charge in [0.1, 0.15) is 17.0 Å². The first kappa shape index (κ1) is 20.7. The van der Waals surface area contributed by atoms with Gasteiger partial charge in [0.05, 0.1) is 0 Å². The molecule has 0 bridgehead atoms. The molecule has 0 atom stereocenters. The second-order valence-corrected chi connectivity index (χ2v) is 7.82. The quantitative estimate of drug-likeness (QED) is 0.296. The lowest BCUT2D eigenvalue weighted by atomic mass is 10.1. The van der Waals surface area contributed by atoms with Gasteiger partial charge < -0.3 is 14.2 Å². The normalized spacial score (nSPS) is 11.3. The van der Waals surface area contributed by atoms with E-state index in [1.807, 2.05) is 55.5 Å². The highest BCUT2D eigenvalue weighted by molar-refractivity contribution is 6.31. The van der Waals surface area contributed by atoms with E-state index in [2.05, 4.69) is 15.3 Å². The van der Waals surface area contributed by atoms with Crippen LogP contribution >= 0.6 is 11.6 Å². The van der Waals surface area contributed by atoms with Gasteiger partial charge in [0.15, 0.2) is 0 Å². The number of rotatable bonds is 5. The molecule has 6 nitrogen and oxygen atoms in total. The highest BCUT2D eigenvalue weighted by Gasteiger charge is 2.09. The van der Waals surface area contributed by atoms with Gasteiger partial charge in [0.25, 0.3) is 0 Å². The molecule has 3 aromatic heterocycles. The Hall–Kier alpha value is -4.16. The maximum absolute atomic E-state index is 12.3. The molecule has 0 unspecified atom stereocenters. The average molecular weight is 456 g/mol. The fourth-order valence-electron chi connectivity index (χ4n) is 3.27. The standard InChI is InChI=1S/C26H18ClN3O3/c1-16-4-5-18(15-21(16)27)23-12-10-20(32-23)11-13-24(31)29-19-8-6-17(7-9-19)25-30-22-3-2-14-28-26(22)33-25/h2-15H,1H3,(H,29,31). The van der Waals surface area contributed by atoms with Crippen LogP contribution in [0.15, 0.2) is 87.8 Å². The molecule has 33 heavy (non-hydrogen) atoms. The summed E-state index contributed by atoms with van der Waals surface area (Å²) >= 11 is 6.19. The monoisotopic (exact) mass is 455 g/mol. The Morgan fingerprint density at radius 1 is 1.00 bits per heavy atom. The molecule has 2 aromatic carbocycles. The lowest BCUT2D eigenvalue weighted by molar-refractivity contribution is -0.111. The Bertz CT molecular complexity index is 1450. The maximum Gasteiger partial charge on any atom is 0.248 e. The Morgan fingerprint density at radius 3 is 2.61 bits per heavy atom. The number of benzene rings is 2. The van der Waals surface area contributed by atoms with Crippen LogP contribution in [-0.2, 0) is 4.79 Å². The molecule has 0 fully saturated rings. The largest absolute Gasteiger partial charge is 0.457 e. The summed E-state index contributed by atoms with van der Waals surface area (Å²) in [6.07, 6.45) is 4.70. The van der Waals surface area contributed by atoms with Gasteiger partial charge in [-0.05, 0) is 73.2 Å². The van der Waals surface area contributed by atoms with Crippen molar-refractivity contribution >= 4 is 40.5 Å². The molecule has 162 valence electrons. The zero-order valence-corrected chi connectivity index (χ0v) is 18.3. The van der Waals surface area contributed by atoms with Crippen LogP contribution in [0, 0.1) is 6.92 Å². The summed E-state index contributed by atoms with van der Waals surface area (Å²) in [6.45, 7) is 1.95. The van der Waals surface area contributed by atoms with E-state index in [0.29, 0.717) is 39.4 Å². The van der Waals surface area contributed by atoms with Crippen LogP contribution in [0.4, 0.5) is 5.69 Å². The fourth-order valence-corrected chi connectivity index (χ4v) is 3.46. The average Bonchev–Trinajstić information content (AvgIpc) is 3.47. The third kappa shape index (κ3) is 4.56. The number of hydrogen-bond donors (Lipinski definition) is 1. The second-order valence-electron chi connectivity index (χ2n) is 7.41. The van der Waals surface area contributed by atoms with E-state index in [1.54, 1.807) is 30.5 Å². The van der Waals surface area contributed by atoms with Crippen LogP contribution in [0.3, 0.4) is 0 Å². The molecule has 0 saturated carbocycles. The van der Waals surface area contributed by atoms with Gasteiger partial charge in [-0.2, -0.15) is 0 Å². The summed E-state index contributed by atoms with van der Waals surface area (Å²) in [5.41, 5.74) is 4.51. The van der Waals surface area contributed by atoms with Crippen molar-refractivity contribution in [1.29, 1.82) is 0 Å². The number of nitrogens with zero attached hydrogens (tertiary/aromatic N) is 2. The predicted molar refractivity (Wildman–Crippen MR) is 129 cm³/mol. The number of hydrogen-bond acceptors (Lipinski definition) is 5. The first-order valence-corrected chi connectivity index (χ1v) is 10.6. The molecule has 5 aromatic rings. The van der Waals surface area contributed by atoms with Crippen molar-refractivity contribution in [1.82, 2.24) is 9.97 Å². The number of aryl methyl sites for hydroxylation is 1. The molecule has 1 amide bonds. The number of furan rings is 1. The summed E-state index contributed by atoms with van der Waals surface area (Å²) < 4.78 is 11.5. The Kier molecular flexibility index (Phi) is 5.50. The lowest BCUT2D eigenvalue weighted by Gasteiger charge is -2.02. The first-order valence-electron chi connectivity index (χ1n) is 10.2. The van der Waals surface area contributed by atoms with Gasteiger partial charge in [0.2, 0.25) is 17.5 Å². The van der Waals surface area contributed by atoms with Gasteiger partial charge in [-0.15, -0.1) is 0 Å². The smallest absolute Gasteiger partial charge is 0.248 e. The Balaban J connectivity index is 1.23. The zero-order chi connectivity index (χ0) is 22.8. The number of anilines is 1. The van der Waals surface area contributed by atoms with Gasteiger partial charge in [-0.1, -0.05) is 23.7 Å². The van der Waals surface area contributed by atoms with Crippen LogP contribution in [0.1, 0.15) is 11.3 Å². The van der Waals surface area contributed by atoms with Crippen molar-refractivity contribution in [2.75, 3.05) is 5.32 Å². The van der Waals surface area contributed by atoms with Gasteiger partial charge >= 0.3 is 0 Å². The topological polar surface area (TPSA) is 81.2 Å². The minimum atomic E-state index is -0.273. The van der Waals surface area contributed by atoms with Crippen LogP contribution < -0.4 is 5.32 Å². The number of halogens is 1. The molecule has 0 aliphatic heterocycles. The van der Waals surface area contributed by atoms with Gasteiger partial charge in [-0.25, -0.2) is 9.97 Å². The second kappa shape index (κ2) is 8.76. The molecule has 0 aliphatic rings. The summed E-state index contributed by atoms with van der Waals surface area (Å²) in [4.78, 5) is 20.9. The molecule has 0 saturated heterocycles. The summed E-state index contributed by atoms with van der Waals surface area (Å²) in [5.74, 6) is 1.45. The number of amides is 1. The van der Waals surface area contributed by atoms with E-state index in [1.165, 1.54) is 6.08 Å². The Labute approximate surface area is 194 Å². The van der Waals surface area contributed by atoms with E-state index >= 15 is 0 Å². The third-order valence-electron chi connectivity index (χ3n) is 5.05. The first-order chi connectivity index (χ1) is 16.0. The fraction of sp³-hybridized carbons (Fsp3) is 0.0385. The van der Waals surface area contributed by atoms with E-state index < -0.39 is 0 Å². The number of nitrogens with one attached hydrogen (secondary N) is 1. The van der Waals surface area contributed by atoms with Crippen molar-refractivity contribution in [3.8, 4) is 22.8 Å². The maximum atomic E-state index is 12.3. The summed E-state index contributed by atoms with van der Waals surface area (Å²) in [5, 5.41) is 3.50. The number of oxazole rings is 1.